The molecule has 0 amide bonds. The summed E-state index contributed by atoms with van der Waals surface area (Å²) in [4.78, 5) is 0. The standard InChI is InChI=1S/C14H18BrNO.ClH/c1-8(2)13(16-4)12-7-10-6-11(15)5-9(3)14(10)17-12;/h5-8,13,16H,1-4H3;1H. The van der Waals surface area contributed by atoms with Crippen LogP contribution in [0.15, 0.2) is 27.1 Å². The summed E-state index contributed by atoms with van der Waals surface area (Å²) in [6.07, 6.45) is 0. The Hall–Kier alpha value is -0.510. The lowest BCUT2D eigenvalue weighted by molar-refractivity contribution is 0.370. The molecule has 1 unspecified atom stereocenters. The molecule has 2 rings (SSSR count). The summed E-state index contributed by atoms with van der Waals surface area (Å²) in [5, 5.41) is 4.47. The maximum atomic E-state index is 5.98. The van der Waals surface area contributed by atoms with Gasteiger partial charge in [-0.1, -0.05) is 29.8 Å². The van der Waals surface area contributed by atoms with Gasteiger partial charge in [0, 0.05) is 9.86 Å². The van der Waals surface area contributed by atoms with E-state index in [-0.39, 0.29) is 18.4 Å². The van der Waals surface area contributed by atoms with Crippen LogP contribution in [0.2, 0.25) is 0 Å². The highest BCUT2D eigenvalue weighted by Crippen LogP contribution is 2.31. The highest BCUT2D eigenvalue weighted by Gasteiger charge is 2.18. The topological polar surface area (TPSA) is 25.2 Å². The van der Waals surface area contributed by atoms with Gasteiger partial charge in [-0.3, -0.25) is 0 Å². The summed E-state index contributed by atoms with van der Waals surface area (Å²) >= 11 is 3.52. The Morgan fingerprint density at radius 3 is 2.44 bits per heavy atom. The molecule has 1 atom stereocenters. The van der Waals surface area contributed by atoms with E-state index in [1.54, 1.807) is 0 Å². The third-order valence-corrected chi connectivity index (χ3v) is 3.53. The Bertz CT molecular complexity index is 536. The van der Waals surface area contributed by atoms with Crippen LogP contribution in [0.3, 0.4) is 0 Å². The Morgan fingerprint density at radius 2 is 1.89 bits per heavy atom. The van der Waals surface area contributed by atoms with E-state index in [1.807, 2.05) is 7.05 Å². The number of furan rings is 1. The van der Waals surface area contributed by atoms with Crippen molar-refractivity contribution < 1.29 is 4.42 Å². The highest BCUT2D eigenvalue weighted by atomic mass is 79.9. The van der Waals surface area contributed by atoms with E-state index < -0.39 is 0 Å². The Kier molecular flexibility index (Phi) is 5.26. The molecule has 2 aromatic rings. The van der Waals surface area contributed by atoms with Crippen LogP contribution in [0.25, 0.3) is 11.0 Å². The molecule has 0 aliphatic rings. The Morgan fingerprint density at radius 1 is 1.22 bits per heavy atom. The van der Waals surface area contributed by atoms with E-state index in [4.69, 9.17) is 4.42 Å². The predicted octanol–water partition coefficient (Wildman–Crippen LogP) is 4.84. The number of rotatable bonds is 3. The Balaban J connectivity index is 0.00000162. The van der Waals surface area contributed by atoms with E-state index in [2.05, 4.69) is 60.2 Å². The monoisotopic (exact) mass is 331 g/mol. The van der Waals surface area contributed by atoms with Gasteiger partial charge in [0.1, 0.15) is 11.3 Å². The lowest BCUT2D eigenvalue weighted by Crippen LogP contribution is -2.20. The van der Waals surface area contributed by atoms with Crippen molar-refractivity contribution in [3.63, 3.8) is 0 Å². The highest BCUT2D eigenvalue weighted by molar-refractivity contribution is 9.10. The van der Waals surface area contributed by atoms with Crippen LogP contribution in [0.4, 0.5) is 0 Å². The van der Waals surface area contributed by atoms with Crippen LogP contribution in [0.5, 0.6) is 0 Å². The van der Waals surface area contributed by atoms with E-state index in [0.29, 0.717) is 5.92 Å². The van der Waals surface area contributed by atoms with E-state index in [0.717, 1.165) is 21.2 Å². The SMILES string of the molecule is CNC(c1cc2cc(Br)cc(C)c2o1)C(C)C.Cl. The van der Waals surface area contributed by atoms with Crippen molar-refractivity contribution in [2.45, 2.75) is 26.8 Å². The Labute approximate surface area is 123 Å². The molecule has 0 saturated heterocycles. The molecule has 4 heteroatoms. The zero-order chi connectivity index (χ0) is 12.6. The summed E-state index contributed by atoms with van der Waals surface area (Å²) in [6.45, 7) is 6.46. The summed E-state index contributed by atoms with van der Waals surface area (Å²) in [7, 11) is 1.97. The second-order valence-electron chi connectivity index (χ2n) is 4.80. The van der Waals surface area contributed by atoms with Gasteiger partial charge in [-0.15, -0.1) is 12.4 Å². The van der Waals surface area contributed by atoms with Gasteiger partial charge in [0.2, 0.25) is 0 Å². The second-order valence-corrected chi connectivity index (χ2v) is 5.72. The molecular weight excluding hydrogens is 314 g/mol. The number of nitrogens with one attached hydrogen (secondary N) is 1. The fourth-order valence-electron chi connectivity index (χ4n) is 2.26. The fraction of sp³-hybridized carbons (Fsp3) is 0.429. The minimum absolute atomic E-state index is 0. The number of fused-ring (bicyclic) bond motifs is 1. The molecule has 1 N–H and O–H groups in total. The average molecular weight is 333 g/mol. The van der Waals surface area contributed by atoms with E-state index in [9.17, 15) is 0 Å². The van der Waals surface area contributed by atoms with Gasteiger partial charge in [0.15, 0.2) is 0 Å². The number of hydrogen-bond donors (Lipinski definition) is 1. The first-order valence-corrected chi connectivity index (χ1v) is 6.69. The molecule has 0 bridgehead atoms. The van der Waals surface area contributed by atoms with Gasteiger partial charge in [-0.2, -0.15) is 0 Å². The largest absolute Gasteiger partial charge is 0.459 e. The third kappa shape index (κ3) is 2.90. The van der Waals surface area contributed by atoms with Gasteiger partial charge >= 0.3 is 0 Å². The second kappa shape index (κ2) is 6.09. The predicted molar refractivity (Wildman–Crippen MR) is 82.5 cm³/mol. The van der Waals surface area contributed by atoms with Crippen molar-refractivity contribution in [3.05, 3.63) is 34.0 Å². The third-order valence-electron chi connectivity index (χ3n) is 3.07. The smallest absolute Gasteiger partial charge is 0.137 e. The zero-order valence-corrected chi connectivity index (χ0v) is 13.5. The summed E-state index contributed by atoms with van der Waals surface area (Å²) in [6, 6.07) is 6.58. The number of aryl methyl sites for hydroxylation is 1. The van der Waals surface area contributed by atoms with Crippen LogP contribution >= 0.6 is 28.3 Å². The van der Waals surface area contributed by atoms with Gasteiger partial charge in [-0.25, -0.2) is 0 Å². The zero-order valence-electron chi connectivity index (χ0n) is 11.1. The molecule has 1 aromatic heterocycles. The first kappa shape index (κ1) is 15.5. The van der Waals surface area contributed by atoms with Crippen molar-refractivity contribution in [2.24, 2.45) is 5.92 Å². The van der Waals surface area contributed by atoms with Gasteiger partial charge in [-0.05, 0) is 43.7 Å². The molecule has 0 radical (unpaired) electrons. The minimum atomic E-state index is 0. The maximum absolute atomic E-state index is 5.98. The molecule has 1 aromatic carbocycles. The van der Waals surface area contributed by atoms with Crippen molar-refractivity contribution in [2.75, 3.05) is 7.05 Å². The minimum Gasteiger partial charge on any atom is -0.459 e. The van der Waals surface area contributed by atoms with E-state index >= 15 is 0 Å². The lowest BCUT2D eigenvalue weighted by Gasteiger charge is -2.17. The molecule has 0 aliphatic heterocycles. The lowest BCUT2D eigenvalue weighted by atomic mass is 10.0. The molecule has 18 heavy (non-hydrogen) atoms. The van der Waals surface area contributed by atoms with Crippen LogP contribution < -0.4 is 5.32 Å². The van der Waals surface area contributed by atoms with Gasteiger partial charge in [0.25, 0.3) is 0 Å². The van der Waals surface area contributed by atoms with Crippen LogP contribution in [-0.2, 0) is 0 Å². The van der Waals surface area contributed by atoms with Crippen molar-refractivity contribution >= 4 is 39.3 Å². The molecule has 100 valence electrons. The molecular formula is C14H19BrClNO. The van der Waals surface area contributed by atoms with E-state index in [1.165, 1.54) is 5.56 Å². The summed E-state index contributed by atoms with van der Waals surface area (Å²) in [5.41, 5.74) is 2.16. The molecule has 0 fully saturated rings. The molecule has 0 saturated carbocycles. The average Bonchev–Trinajstić information content (AvgIpc) is 2.61. The quantitative estimate of drug-likeness (QED) is 0.870. The van der Waals surface area contributed by atoms with Crippen LogP contribution in [-0.4, -0.2) is 7.05 Å². The maximum Gasteiger partial charge on any atom is 0.137 e. The molecule has 0 spiro atoms. The number of hydrogen-bond acceptors (Lipinski definition) is 2. The van der Waals surface area contributed by atoms with Crippen molar-refractivity contribution in [1.29, 1.82) is 0 Å². The first-order valence-electron chi connectivity index (χ1n) is 5.89. The summed E-state index contributed by atoms with van der Waals surface area (Å²) in [5.74, 6) is 1.52. The first-order chi connectivity index (χ1) is 8.02. The van der Waals surface area contributed by atoms with Gasteiger partial charge < -0.3 is 9.73 Å². The van der Waals surface area contributed by atoms with Crippen LogP contribution in [0, 0.1) is 12.8 Å². The number of benzene rings is 1. The van der Waals surface area contributed by atoms with Gasteiger partial charge in [0.05, 0.1) is 6.04 Å². The van der Waals surface area contributed by atoms with Crippen LogP contribution in [0.1, 0.15) is 31.2 Å². The molecule has 2 nitrogen and oxygen atoms in total. The number of halogens is 2. The molecule has 1 heterocycles. The summed E-state index contributed by atoms with van der Waals surface area (Å²) < 4.78 is 7.08. The fourth-order valence-corrected chi connectivity index (χ4v) is 2.85. The molecule has 0 aliphatic carbocycles. The normalized spacial score (nSPS) is 12.8. The van der Waals surface area contributed by atoms with Crippen molar-refractivity contribution in [3.8, 4) is 0 Å². The van der Waals surface area contributed by atoms with Crippen molar-refractivity contribution in [1.82, 2.24) is 5.32 Å².